The summed E-state index contributed by atoms with van der Waals surface area (Å²) in [5.41, 5.74) is 6.53. The van der Waals surface area contributed by atoms with E-state index in [1.807, 2.05) is 13.8 Å². The zero-order valence-corrected chi connectivity index (χ0v) is 11.9. The van der Waals surface area contributed by atoms with Gasteiger partial charge in [-0.25, -0.2) is 0 Å². The summed E-state index contributed by atoms with van der Waals surface area (Å²) in [5.74, 6) is -0.553. The molecule has 4 N–H and O–H groups in total. The van der Waals surface area contributed by atoms with Crippen LogP contribution in [0.3, 0.4) is 0 Å². The Morgan fingerprint density at radius 2 is 2.00 bits per heavy atom. The predicted molar refractivity (Wildman–Crippen MR) is 74.2 cm³/mol. The molecule has 0 unspecified atom stereocenters. The molecule has 0 saturated heterocycles. The lowest BCUT2D eigenvalue weighted by Crippen LogP contribution is -2.39. The Morgan fingerprint density at radius 1 is 1.33 bits per heavy atom. The highest BCUT2D eigenvalue weighted by molar-refractivity contribution is 9.10. The summed E-state index contributed by atoms with van der Waals surface area (Å²) in [6.07, 6.45) is 0. The first-order chi connectivity index (χ1) is 8.38. The number of benzene rings is 1. The van der Waals surface area contributed by atoms with Crippen LogP contribution in [0, 0.1) is 0 Å². The van der Waals surface area contributed by atoms with Crippen molar-refractivity contribution < 1.29 is 9.59 Å². The van der Waals surface area contributed by atoms with E-state index >= 15 is 0 Å². The first kappa shape index (κ1) is 14.5. The molecule has 2 amide bonds. The molecule has 0 aliphatic carbocycles. The third-order valence-electron chi connectivity index (χ3n) is 2.04. The normalized spacial score (nSPS) is 10.2. The van der Waals surface area contributed by atoms with Crippen molar-refractivity contribution in [1.82, 2.24) is 10.6 Å². The maximum atomic E-state index is 11.8. The van der Waals surface area contributed by atoms with Gasteiger partial charge in [0.2, 0.25) is 5.91 Å². The second-order valence-corrected chi connectivity index (χ2v) is 5.09. The van der Waals surface area contributed by atoms with Crippen LogP contribution < -0.4 is 16.4 Å². The Labute approximate surface area is 114 Å². The van der Waals surface area contributed by atoms with Crippen LogP contribution in [-0.2, 0) is 4.79 Å². The number of carbonyl (C=O) groups excluding carboxylic acids is 2. The number of nitrogens with two attached hydrogens (primary N) is 1. The number of anilines is 1. The van der Waals surface area contributed by atoms with Crippen LogP contribution in [0.15, 0.2) is 22.7 Å². The molecule has 1 aromatic rings. The van der Waals surface area contributed by atoms with E-state index in [-0.39, 0.29) is 24.4 Å². The minimum Gasteiger partial charge on any atom is -0.399 e. The molecule has 0 spiro atoms. The minimum absolute atomic E-state index is 0.0518. The summed E-state index contributed by atoms with van der Waals surface area (Å²) >= 11 is 3.25. The number of halogens is 1. The highest BCUT2D eigenvalue weighted by Gasteiger charge is 2.09. The van der Waals surface area contributed by atoms with Gasteiger partial charge in [0.05, 0.1) is 6.54 Å². The van der Waals surface area contributed by atoms with Gasteiger partial charge in [0.25, 0.3) is 5.91 Å². The van der Waals surface area contributed by atoms with E-state index in [2.05, 4.69) is 26.6 Å². The Kier molecular flexibility index (Phi) is 5.15. The van der Waals surface area contributed by atoms with E-state index in [0.717, 1.165) is 4.47 Å². The standard InChI is InChI=1S/C12H16BrN3O2/c1-7(2)16-11(17)6-15-12(18)8-3-9(13)5-10(14)4-8/h3-5,7H,6,14H2,1-2H3,(H,15,18)(H,16,17). The molecule has 0 radical (unpaired) electrons. The summed E-state index contributed by atoms with van der Waals surface area (Å²) in [6.45, 7) is 3.66. The molecular weight excluding hydrogens is 298 g/mol. The van der Waals surface area contributed by atoms with Gasteiger partial charge in [-0.15, -0.1) is 0 Å². The Bertz CT molecular complexity index is 440. The van der Waals surface area contributed by atoms with Crippen molar-refractivity contribution in [3.05, 3.63) is 28.2 Å². The Morgan fingerprint density at radius 3 is 2.56 bits per heavy atom. The highest BCUT2D eigenvalue weighted by Crippen LogP contribution is 2.17. The fourth-order valence-electron chi connectivity index (χ4n) is 1.38. The molecule has 1 rings (SSSR count). The van der Waals surface area contributed by atoms with Gasteiger partial charge in [0.1, 0.15) is 0 Å². The lowest BCUT2D eigenvalue weighted by atomic mass is 10.2. The fourth-order valence-corrected chi connectivity index (χ4v) is 1.89. The third-order valence-corrected chi connectivity index (χ3v) is 2.50. The smallest absolute Gasteiger partial charge is 0.251 e. The average molecular weight is 314 g/mol. The molecular formula is C12H16BrN3O2. The molecule has 0 saturated carbocycles. The quantitative estimate of drug-likeness (QED) is 0.732. The predicted octanol–water partition coefficient (Wildman–Crippen LogP) is 1.29. The first-order valence-electron chi connectivity index (χ1n) is 5.52. The van der Waals surface area contributed by atoms with Crippen LogP contribution in [0.25, 0.3) is 0 Å². The van der Waals surface area contributed by atoms with Gasteiger partial charge < -0.3 is 16.4 Å². The molecule has 18 heavy (non-hydrogen) atoms. The lowest BCUT2D eigenvalue weighted by Gasteiger charge is -2.09. The van der Waals surface area contributed by atoms with Crippen LogP contribution in [0.5, 0.6) is 0 Å². The van der Waals surface area contributed by atoms with Gasteiger partial charge in [0, 0.05) is 21.8 Å². The van der Waals surface area contributed by atoms with Crippen molar-refractivity contribution in [2.24, 2.45) is 0 Å². The van der Waals surface area contributed by atoms with Gasteiger partial charge in [-0.1, -0.05) is 15.9 Å². The average Bonchev–Trinajstić information content (AvgIpc) is 2.23. The second kappa shape index (κ2) is 6.39. The Balaban J connectivity index is 2.58. The van der Waals surface area contributed by atoms with Crippen molar-refractivity contribution in [3.8, 4) is 0 Å². The van der Waals surface area contributed by atoms with Gasteiger partial charge in [-0.2, -0.15) is 0 Å². The number of amides is 2. The van der Waals surface area contributed by atoms with Gasteiger partial charge >= 0.3 is 0 Å². The van der Waals surface area contributed by atoms with Crippen molar-refractivity contribution in [2.45, 2.75) is 19.9 Å². The monoisotopic (exact) mass is 313 g/mol. The molecule has 0 aliphatic rings. The summed E-state index contributed by atoms with van der Waals surface area (Å²) in [7, 11) is 0. The van der Waals surface area contributed by atoms with Crippen molar-refractivity contribution in [3.63, 3.8) is 0 Å². The summed E-state index contributed by atoms with van der Waals surface area (Å²) < 4.78 is 0.722. The van der Waals surface area contributed by atoms with Crippen LogP contribution in [0.1, 0.15) is 24.2 Å². The number of hydrogen-bond acceptors (Lipinski definition) is 3. The third kappa shape index (κ3) is 4.75. The van der Waals surface area contributed by atoms with Crippen molar-refractivity contribution >= 4 is 33.4 Å². The van der Waals surface area contributed by atoms with E-state index in [0.29, 0.717) is 11.3 Å². The molecule has 98 valence electrons. The molecule has 0 atom stereocenters. The molecule has 0 bridgehead atoms. The number of nitrogen functional groups attached to an aromatic ring is 1. The lowest BCUT2D eigenvalue weighted by molar-refractivity contribution is -0.120. The molecule has 0 aromatic heterocycles. The number of hydrogen-bond donors (Lipinski definition) is 3. The van der Waals surface area contributed by atoms with E-state index in [4.69, 9.17) is 5.73 Å². The van der Waals surface area contributed by atoms with Crippen LogP contribution in [-0.4, -0.2) is 24.4 Å². The maximum Gasteiger partial charge on any atom is 0.251 e. The van der Waals surface area contributed by atoms with E-state index in [9.17, 15) is 9.59 Å². The zero-order valence-electron chi connectivity index (χ0n) is 10.3. The van der Waals surface area contributed by atoms with Crippen molar-refractivity contribution in [1.29, 1.82) is 0 Å². The highest BCUT2D eigenvalue weighted by atomic mass is 79.9. The topological polar surface area (TPSA) is 84.2 Å². The van der Waals surface area contributed by atoms with Gasteiger partial charge in [-0.3, -0.25) is 9.59 Å². The minimum atomic E-state index is -0.332. The number of rotatable bonds is 4. The molecule has 0 heterocycles. The SMILES string of the molecule is CC(C)NC(=O)CNC(=O)c1cc(N)cc(Br)c1. The summed E-state index contributed by atoms with van der Waals surface area (Å²) in [5, 5.41) is 5.22. The zero-order chi connectivity index (χ0) is 13.7. The van der Waals surface area contributed by atoms with Gasteiger partial charge in [-0.05, 0) is 32.0 Å². The second-order valence-electron chi connectivity index (χ2n) is 4.18. The molecule has 0 fully saturated rings. The fraction of sp³-hybridized carbons (Fsp3) is 0.333. The van der Waals surface area contributed by atoms with E-state index < -0.39 is 0 Å². The summed E-state index contributed by atoms with van der Waals surface area (Å²) in [4.78, 5) is 23.1. The molecule has 1 aromatic carbocycles. The van der Waals surface area contributed by atoms with Crippen LogP contribution in [0.4, 0.5) is 5.69 Å². The van der Waals surface area contributed by atoms with Gasteiger partial charge in [0.15, 0.2) is 0 Å². The van der Waals surface area contributed by atoms with Crippen molar-refractivity contribution in [2.75, 3.05) is 12.3 Å². The number of nitrogens with one attached hydrogen (secondary N) is 2. The molecule has 5 nitrogen and oxygen atoms in total. The van der Waals surface area contributed by atoms with Crippen LogP contribution in [0.2, 0.25) is 0 Å². The van der Waals surface area contributed by atoms with Crippen LogP contribution >= 0.6 is 15.9 Å². The van der Waals surface area contributed by atoms with E-state index in [1.54, 1.807) is 18.2 Å². The molecule has 6 heteroatoms. The summed E-state index contributed by atoms with van der Waals surface area (Å²) in [6, 6.07) is 4.95. The molecule has 0 aliphatic heterocycles. The Hall–Kier alpha value is -1.56. The largest absolute Gasteiger partial charge is 0.399 e. The van der Waals surface area contributed by atoms with E-state index in [1.165, 1.54) is 0 Å². The first-order valence-corrected chi connectivity index (χ1v) is 6.31. The number of carbonyl (C=O) groups is 2. The maximum absolute atomic E-state index is 11.8.